The summed E-state index contributed by atoms with van der Waals surface area (Å²) in [7, 11) is 0. The van der Waals surface area contributed by atoms with Crippen LogP contribution in [0.25, 0.3) is 0 Å². The van der Waals surface area contributed by atoms with E-state index in [2.05, 4.69) is 12.4 Å². The summed E-state index contributed by atoms with van der Waals surface area (Å²) in [5.41, 5.74) is 2.73. The molecule has 0 aliphatic carbocycles. The van der Waals surface area contributed by atoms with Crippen molar-refractivity contribution >= 4 is 5.97 Å². The van der Waals surface area contributed by atoms with E-state index in [-0.39, 0.29) is 12.0 Å². The van der Waals surface area contributed by atoms with Gasteiger partial charge in [0, 0.05) is 6.42 Å². The highest BCUT2D eigenvalue weighted by atomic mass is 16.7. The molecule has 1 N–H and O–H groups in total. The number of rotatable bonds is 7. The molecule has 82 valence electrons. The Kier molecular flexibility index (Phi) is 5.56. The van der Waals surface area contributed by atoms with E-state index in [1.54, 1.807) is 0 Å². The molecule has 0 saturated carbocycles. The Morgan fingerprint density at radius 3 is 3.00 bits per heavy atom. The molecule has 1 saturated heterocycles. The average Bonchev–Trinajstić information content (AvgIpc) is 2.58. The van der Waals surface area contributed by atoms with Gasteiger partial charge in [0.2, 0.25) is 0 Å². The molecule has 0 amide bonds. The first-order valence-electron chi connectivity index (χ1n) is 5.38. The lowest BCUT2D eigenvalue weighted by Crippen LogP contribution is -2.33. The second-order valence-corrected chi connectivity index (χ2v) is 3.54. The number of esters is 1. The van der Waals surface area contributed by atoms with E-state index in [1.807, 2.05) is 0 Å². The van der Waals surface area contributed by atoms with Gasteiger partial charge in [-0.3, -0.25) is 4.79 Å². The minimum absolute atomic E-state index is 0.196. The van der Waals surface area contributed by atoms with Crippen molar-refractivity contribution in [3.8, 4) is 0 Å². The van der Waals surface area contributed by atoms with Gasteiger partial charge in [-0.25, -0.2) is 0 Å². The molecule has 0 aromatic carbocycles. The third kappa shape index (κ3) is 4.07. The van der Waals surface area contributed by atoms with Gasteiger partial charge in [0.1, 0.15) is 6.04 Å². The summed E-state index contributed by atoms with van der Waals surface area (Å²) in [5, 5.41) is 0. The summed E-state index contributed by atoms with van der Waals surface area (Å²) in [6, 6.07) is -0.249. The maximum Gasteiger partial charge on any atom is 0.325 e. The van der Waals surface area contributed by atoms with Crippen LogP contribution >= 0.6 is 0 Å². The van der Waals surface area contributed by atoms with Crippen molar-refractivity contribution in [3.05, 3.63) is 0 Å². The Morgan fingerprint density at radius 2 is 2.36 bits per heavy atom. The SMILES string of the molecule is CCCCCCON[C@H]1CCOC1=O. The van der Waals surface area contributed by atoms with Crippen LogP contribution in [0.2, 0.25) is 0 Å². The molecule has 1 rings (SSSR count). The predicted molar refractivity (Wildman–Crippen MR) is 52.6 cm³/mol. The van der Waals surface area contributed by atoms with Crippen molar-refractivity contribution in [1.82, 2.24) is 5.48 Å². The molecule has 0 spiro atoms. The van der Waals surface area contributed by atoms with Gasteiger partial charge in [0.05, 0.1) is 13.2 Å². The van der Waals surface area contributed by atoms with E-state index in [1.165, 1.54) is 19.3 Å². The van der Waals surface area contributed by atoms with Crippen molar-refractivity contribution in [2.45, 2.75) is 45.1 Å². The minimum Gasteiger partial charge on any atom is -0.464 e. The Labute approximate surface area is 84.9 Å². The zero-order valence-corrected chi connectivity index (χ0v) is 8.75. The molecule has 1 atom stereocenters. The van der Waals surface area contributed by atoms with Crippen molar-refractivity contribution < 1.29 is 14.4 Å². The lowest BCUT2D eigenvalue weighted by molar-refractivity contribution is -0.142. The monoisotopic (exact) mass is 201 g/mol. The van der Waals surface area contributed by atoms with Gasteiger partial charge in [0.15, 0.2) is 0 Å². The zero-order chi connectivity index (χ0) is 10.2. The van der Waals surface area contributed by atoms with E-state index < -0.39 is 0 Å². The van der Waals surface area contributed by atoms with Crippen LogP contribution in [0.3, 0.4) is 0 Å². The normalized spacial score (nSPS) is 21.2. The van der Waals surface area contributed by atoms with E-state index in [0.717, 1.165) is 6.42 Å². The number of carbonyl (C=O) groups excluding carboxylic acids is 1. The third-order valence-electron chi connectivity index (χ3n) is 2.26. The molecule has 4 heteroatoms. The fourth-order valence-electron chi connectivity index (χ4n) is 1.36. The van der Waals surface area contributed by atoms with E-state index in [0.29, 0.717) is 19.6 Å². The highest BCUT2D eigenvalue weighted by molar-refractivity contribution is 5.77. The number of ether oxygens (including phenoxy) is 1. The van der Waals surface area contributed by atoms with Crippen LogP contribution < -0.4 is 5.48 Å². The molecule has 1 aliphatic rings. The molecule has 1 fully saturated rings. The second-order valence-electron chi connectivity index (χ2n) is 3.54. The largest absolute Gasteiger partial charge is 0.464 e. The van der Waals surface area contributed by atoms with Crippen molar-refractivity contribution in [3.63, 3.8) is 0 Å². The minimum atomic E-state index is -0.249. The maximum atomic E-state index is 11.0. The van der Waals surface area contributed by atoms with E-state index >= 15 is 0 Å². The van der Waals surface area contributed by atoms with Crippen LogP contribution in [0.15, 0.2) is 0 Å². The highest BCUT2D eigenvalue weighted by Gasteiger charge is 2.26. The summed E-state index contributed by atoms with van der Waals surface area (Å²) in [5.74, 6) is -0.196. The first-order valence-corrected chi connectivity index (χ1v) is 5.38. The third-order valence-corrected chi connectivity index (χ3v) is 2.26. The topological polar surface area (TPSA) is 47.6 Å². The maximum absolute atomic E-state index is 11.0. The molecule has 14 heavy (non-hydrogen) atoms. The van der Waals surface area contributed by atoms with Gasteiger partial charge in [-0.15, -0.1) is 0 Å². The van der Waals surface area contributed by atoms with Crippen LogP contribution in [0, 0.1) is 0 Å². The molecule has 1 aliphatic heterocycles. The van der Waals surface area contributed by atoms with Gasteiger partial charge in [-0.05, 0) is 6.42 Å². The van der Waals surface area contributed by atoms with Crippen LogP contribution in [0.5, 0.6) is 0 Å². The number of unbranched alkanes of at least 4 members (excludes halogenated alkanes) is 3. The van der Waals surface area contributed by atoms with Crippen LogP contribution in [-0.4, -0.2) is 25.2 Å². The highest BCUT2D eigenvalue weighted by Crippen LogP contribution is 2.05. The molecule has 0 bridgehead atoms. The fourth-order valence-corrected chi connectivity index (χ4v) is 1.36. The molecule has 0 unspecified atom stereocenters. The summed E-state index contributed by atoms with van der Waals surface area (Å²) < 4.78 is 4.78. The van der Waals surface area contributed by atoms with Gasteiger partial charge < -0.3 is 9.57 Å². The van der Waals surface area contributed by atoms with Gasteiger partial charge in [-0.2, -0.15) is 5.48 Å². The summed E-state index contributed by atoms with van der Waals surface area (Å²) in [6.07, 6.45) is 5.42. The number of hydroxylamine groups is 1. The smallest absolute Gasteiger partial charge is 0.325 e. The van der Waals surface area contributed by atoms with E-state index in [9.17, 15) is 4.79 Å². The van der Waals surface area contributed by atoms with Gasteiger partial charge in [-0.1, -0.05) is 26.2 Å². The number of cyclic esters (lactones) is 1. The molecular weight excluding hydrogens is 182 g/mol. The quantitative estimate of drug-likeness (QED) is 0.384. The first-order chi connectivity index (χ1) is 6.84. The first kappa shape index (κ1) is 11.5. The second kappa shape index (κ2) is 6.79. The summed E-state index contributed by atoms with van der Waals surface area (Å²) in [6.45, 7) is 3.35. The molecule has 0 radical (unpaired) electrons. The fraction of sp³-hybridized carbons (Fsp3) is 0.900. The Bertz CT molecular complexity index is 173. The molecular formula is C10H19NO3. The Balaban J connectivity index is 1.90. The average molecular weight is 201 g/mol. The molecule has 0 aromatic rings. The van der Waals surface area contributed by atoms with Crippen LogP contribution in [-0.2, 0) is 14.4 Å². The zero-order valence-electron chi connectivity index (χ0n) is 8.75. The summed E-state index contributed by atoms with van der Waals surface area (Å²) >= 11 is 0. The number of nitrogens with one attached hydrogen (secondary N) is 1. The molecule has 1 heterocycles. The Morgan fingerprint density at radius 1 is 1.50 bits per heavy atom. The van der Waals surface area contributed by atoms with Crippen molar-refractivity contribution in [2.24, 2.45) is 0 Å². The number of carbonyl (C=O) groups is 1. The number of hydrogen-bond donors (Lipinski definition) is 1. The van der Waals surface area contributed by atoms with Crippen molar-refractivity contribution in [1.29, 1.82) is 0 Å². The summed E-state index contributed by atoms with van der Waals surface area (Å²) in [4.78, 5) is 16.2. The standard InChI is InChI=1S/C10H19NO3/c1-2-3-4-5-7-14-11-9-6-8-13-10(9)12/h9,11H,2-8H2,1H3/t9-/m0/s1. The molecule has 0 aromatic heterocycles. The van der Waals surface area contributed by atoms with Gasteiger partial charge in [0.25, 0.3) is 0 Å². The van der Waals surface area contributed by atoms with Crippen molar-refractivity contribution in [2.75, 3.05) is 13.2 Å². The van der Waals surface area contributed by atoms with E-state index in [4.69, 9.17) is 9.57 Å². The number of hydrogen-bond acceptors (Lipinski definition) is 4. The Hall–Kier alpha value is -0.610. The van der Waals surface area contributed by atoms with Crippen LogP contribution in [0.1, 0.15) is 39.0 Å². The predicted octanol–water partition coefficient (Wildman–Crippen LogP) is 1.40. The van der Waals surface area contributed by atoms with Crippen LogP contribution in [0.4, 0.5) is 0 Å². The lowest BCUT2D eigenvalue weighted by atomic mass is 10.2. The molecule has 4 nitrogen and oxygen atoms in total. The van der Waals surface area contributed by atoms with Gasteiger partial charge >= 0.3 is 5.97 Å². The lowest BCUT2D eigenvalue weighted by Gasteiger charge is -2.08.